The number of sulfonamides is 1. The molecule has 0 unspecified atom stereocenters. The molecule has 1 aromatic rings. The number of hydrogen-bond acceptors (Lipinski definition) is 2. The van der Waals surface area contributed by atoms with Crippen LogP contribution >= 0.6 is 0 Å². The Bertz CT molecular complexity index is 564. The smallest absolute Gasteiger partial charge is 0.208 e. The average molecular weight is 293 g/mol. The molecule has 0 fully saturated rings. The lowest BCUT2D eigenvalue weighted by Gasteiger charge is -2.26. The van der Waals surface area contributed by atoms with Crippen LogP contribution in [-0.4, -0.2) is 19.3 Å². The Morgan fingerprint density at radius 2 is 1.95 bits per heavy atom. The molecule has 20 heavy (non-hydrogen) atoms. The van der Waals surface area contributed by atoms with Crippen molar-refractivity contribution in [2.75, 3.05) is 6.54 Å². The Morgan fingerprint density at radius 1 is 1.20 bits per heavy atom. The van der Waals surface area contributed by atoms with Crippen molar-refractivity contribution in [1.82, 2.24) is 4.31 Å². The lowest BCUT2D eigenvalue weighted by Crippen LogP contribution is -2.34. The average Bonchev–Trinajstić information content (AvgIpc) is 2.46. The van der Waals surface area contributed by atoms with E-state index in [1.807, 2.05) is 18.2 Å². The number of allylic oxidation sites excluding steroid dienone is 1. The molecular formula is C16H23NO2S. The van der Waals surface area contributed by atoms with Crippen LogP contribution in [0.15, 0.2) is 35.7 Å². The van der Waals surface area contributed by atoms with Gasteiger partial charge < -0.3 is 0 Å². The summed E-state index contributed by atoms with van der Waals surface area (Å²) in [5.74, 6) is 0. The predicted molar refractivity (Wildman–Crippen MR) is 82.8 cm³/mol. The highest BCUT2D eigenvalue weighted by Crippen LogP contribution is 2.21. The Morgan fingerprint density at radius 3 is 2.70 bits per heavy atom. The van der Waals surface area contributed by atoms with Gasteiger partial charge in [0.05, 0.1) is 0 Å². The van der Waals surface area contributed by atoms with E-state index in [9.17, 15) is 8.42 Å². The first-order valence-corrected chi connectivity index (χ1v) is 8.87. The van der Waals surface area contributed by atoms with Gasteiger partial charge in [-0.25, -0.2) is 8.42 Å². The molecule has 0 saturated carbocycles. The minimum Gasteiger partial charge on any atom is -0.208 e. The molecule has 0 aliphatic carbocycles. The fourth-order valence-electron chi connectivity index (χ4n) is 2.47. The van der Waals surface area contributed by atoms with Crippen molar-refractivity contribution >= 4 is 10.0 Å². The topological polar surface area (TPSA) is 37.4 Å². The van der Waals surface area contributed by atoms with Gasteiger partial charge in [-0.05, 0) is 30.4 Å². The Kier molecular flexibility index (Phi) is 5.38. The molecule has 1 aliphatic heterocycles. The number of hydrogen-bond donors (Lipinski definition) is 0. The molecular weight excluding hydrogens is 270 g/mol. The fraction of sp³-hybridized carbons (Fsp3) is 0.500. The van der Waals surface area contributed by atoms with E-state index in [0.29, 0.717) is 13.1 Å². The van der Waals surface area contributed by atoms with Crippen LogP contribution in [0, 0.1) is 0 Å². The van der Waals surface area contributed by atoms with Gasteiger partial charge in [-0.15, -0.1) is 0 Å². The second kappa shape index (κ2) is 7.04. The highest BCUT2D eigenvalue weighted by molar-refractivity contribution is 7.92. The van der Waals surface area contributed by atoms with Crippen molar-refractivity contribution < 1.29 is 8.42 Å². The fourth-order valence-corrected chi connectivity index (χ4v) is 3.69. The third-order valence-electron chi connectivity index (χ3n) is 3.70. The first-order valence-electron chi connectivity index (χ1n) is 7.37. The molecule has 1 aromatic carbocycles. The van der Waals surface area contributed by atoms with E-state index < -0.39 is 10.0 Å². The van der Waals surface area contributed by atoms with Crippen molar-refractivity contribution in [3.8, 4) is 0 Å². The number of fused-ring (bicyclic) bond motifs is 1. The summed E-state index contributed by atoms with van der Waals surface area (Å²) >= 11 is 0. The summed E-state index contributed by atoms with van der Waals surface area (Å²) in [5.41, 5.74) is 2.40. The zero-order valence-corrected chi connectivity index (χ0v) is 12.9. The number of nitrogens with zero attached hydrogens (tertiary/aromatic N) is 1. The van der Waals surface area contributed by atoms with Gasteiger partial charge in [0.1, 0.15) is 0 Å². The molecule has 1 heterocycles. The summed E-state index contributed by atoms with van der Waals surface area (Å²) in [4.78, 5) is 0. The molecule has 4 heteroatoms. The standard InChI is InChI=1S/C16H23NO2S/c1-2-3-4-5-8-13-20(18,19)17-12-11-15-9-6-7-10-16(15)14-17/h6-10,13H,2-5,11-12,14H2,1H3/b13-8+. The van der Waals surface area contributed by atoms with E-state index in [1.54, 1.807) is 10.4 Å². The molecule has 0 spiro atoms. The summed E-state index contributed by atoms with van der Waals surface area (Å²) in [7, 11) is -3.26. The van der Waals surface area contributed by atoms with Crippen molar-refractivity contribution in [2.45, 2.75) is 45.6 Å². The zero-order chi connectivity index (χ0) is 14.4. The normalized spacial score (nSPS) is 16.4. The van der Waals surface area contributed by atoms with E-state index in [4.69, 9.17) is 0 Å². The number of benzene rings is 1. The van der Waals surface area contributed by atoms with Gasteiger partial charge in [0.2, 0.25) is 10.0 Å². The van der Waals surface area contributed by atoms with E-state index in [1.165, 1.54) is 11.0 Å². The molecule has 1 aliphatic rings. The Balaban J connectivity index is 1.98. The monoisotopic (exact) mass is 293 g/mol. The molecule has 2 rings (SSSR count). The van der Waals surface area contributed by atoms with E-state index >= 15 is 0 Å². The summed E-state index contributed by atoms with van der Waals surface area (Å²) in [5, 5.41) is 1.39. The van der Waals surface area contributed by atoms with Crippen molar-refractivity contribution in [2.24, 2.45) is 0 Å². The molecule has 110 valence electrons. The van der Waals surface area contributed by atoms with Gasteiger partial charge in [-0.2, -0.15) is 4.31 Å². The highest BCUT2D eigenvalue weighted by atomic mass is 32.2. The van der Waals surface area contributed by atoms with Crippen molar-refractivity contribution in [3.63, 3.8) is 0 Å². The van der Waals surface area contributed by atoms with E-state index in [0.717, 1.165) is 37.7 Å². The summed E-state index contributed by atoms with van der Waals surface area (Å²) in [6.07, 6.45) is 6.82. The zero-order valence-electron chi connectivity index (χ0n) is 12.1. The largest absolute Gasteiger partial charge is 0.236 e. The third-order valence-corrected chi connectivity index (χ3v) is 5.27. The van der Waals surface area contributed by atoms with Gasteiger partial charge in [0.15, 0.2) is 0 Å². The minimum absolute atomic E-state index is 0.498. The lowest BCUT2D eigenvalue weighted by molar-refractivity contribution is 0.397. The maximum absolute atomic E-state index is 12.3. The maximum Gasteiger partial charge on any atom is 0.236 e. The van der Waals surface area contributed by atoms with Gasteiger partial charge in [0, 0.05) is 18.5 Å². The van der Waals surface area contributed by atoms with Crippen LogP contribution in [0.3, 0.4) is 0 Å². The minimum atomic E-state index is -3.26. The first kappa shape index (κ1) is 15.3. The summed E-state index contributed by atoms with van der Waals surface area (Å²) in [6, 6.07) is 8.08. The van der Waals surface area contributed by atoms with Crippen molar-refractivity contribution in [3.05, 3.63) is 46.9 Å². The predicted octanol–water partition coefficient (Wildman–Crippen LogP) is 3.47. The second-order valence-corrected chi connectivity index (χ2v) is 7.08. The second-order valence-electron chi connectivity index (χ2n) is 5.26. The molecule has 0 atom stereocenters. The lowest BCUT2D eigenvalue weighted by atomic mass is 10.0. The van der Waals surface area contributed by atoms with Crippen LogP contribution in [0.5, 0.6) is 0 Å². The summed E-state index contributed by atoms with van der Waals surface area (Å²) in [6.45, 7) is 3.22. The van der Waals surface area contributed by atoms with Gasteiger partial charge in [0.25, 0.3) is 0 Å². The van der Waals surface area contributed by atoms with Crippen LogP contribution in [0.1, 0.15) is 43.7 Å². The molecule has 0 amide bonds. The summed E-state index contributed by atoms with van der Waals surface area (Å²) < 4.78 is 26.1. The van der Waals surface area contributed by atoms with E-state index in [2.05, 4.69) is 13.0 Å². The van der Waals surface area contributed by atoms with Crippen LogP contribution in [-0.2, 0) is 23.0 Å². The SMILES string of the molecule is CCCCC/C=C/S(=O)(=O)N1CCc2ccccc2C1. The van der Waals surface area contributed by atoms with Crippen LogP contribution in [0.4, 0.5) is 0 Å². The third kappa shape index (κ3) is 3.93. The van der Waals surface area contributed by atoms with Gasteiger partial charge in [-0.3, -0.25) is 0 Å². The Labute approximate surface area is 122 Å². The van der Waals surface area contributed by atoms with Gasteiger partial charge >= 0.3 is 0 Å². The van der Waals surface area contributed by atoms with Crippen molar-refractivity contribution in [1.29, 1.82) is 0 Å². The number of unbranched alkanes of at least 4 members (excludes halogenated alkanes) is 3. The quantitative estimate of drug-likeness (QED) is 0.753. The molecule has 0 radical (unpaired) electrons. The first-order chi connectivity index (χ1) is 9.63. The molecule has 0 N–H and O–H groups in total. The molecule has 0 bridgehead atoms. The highest BCUT2D eigenvalue weighted by Gasteiger charge is 2.24. The van der Waals surface area contributed by atoms with Crippen LogP contribution in [0.2, 0.25) is 0 Å². The van der Waals surface area contributed by atoms with Gasteiger partial charge in [-0.1, -0.05) is 50.1 Å². The van der Waals surface area contributed by atoms with E-state index in [-0.39, 0.29) is 0 Å². The molecule has 0 saturated heterocycles. The number of rotatable bonds is 6. The maximum atomic E-state index is 12.3. The Hall–Kier alpha value is -1.13. The molecule has 3 nitrogen and oxygen atoms in total. The van der Waals surface area contributed by atoms with Crippen LogP contribution < -0.4 is 0 Å². The van der Waals surface area contributed by atoms with Crippen LogP contribution in [0.25, 0.3) is 0 Å². The molecule has 0 aromatic heterocycles.